The van der Waals surface area contributed by atoms with Gasteiger partial charge in [-0.1, -0.05) is 0 Å². The van der Waals surface area contributed by atoms with E-state index in [0.29, 0.717) is 25.3 Å². The number of nitrogens with one attached hydrogen (secondary N) is 1. The molecule has 0 bridgehead atoms. The molecule has 5 nitrogen and oxygen atoms in total. The smallest absolute Gasteiger partial charge is 0.245 e. The van der Waals surface area contributed by atoms with Crippen molar-refractivity contribution in [2.75, 3.05) is 13.6 Å². The van der Waals surface area contributed by atoms with Crippen molar-refractivity contribution in [3.8, 4) is 0 Å². The first-order valence-corrected chi connectivity index (χ1v) is 5.89. The molecule has 1 aliphatic heterocycles. The maximum atomic E-state index is 12.1. The number of rotatable bonds is 4. The van der Waals surface area contributed by atoms with Crippen LogP contribution in [0.3, 0.4) is 0 Å². The number of amides is 2. The second-order valence-corrected chi connectivity index (χ2v) is 4.75. The maximum absolute atomic E-state index is 12.1. The lowest BCUT2D eigenvalue weighted by atomic mass is 10.1. The zero-order valence-corrected chi connectivity index (χ0v) is 9.61. The molecule has 1 saturated carbocycles. The highest BCUT2D eigenvalue weighted by molar-refractivity contribution is 5.90. The molecule has 1 heterocycles. The summed E-state index contributed by atoms with van der Waals surface area (Å²) in [6, 6.07) is -0.185. The predicted molar refractivity (Wildman–Crippen MR) is 59.5 cm³/mol. The number of nitrogens with zero attached hydrogens (tertiary/aromatic N) is 1. The van der Waals surface area contributed by atoms with E-state index in [4.69, 9.17) is 5.73 Å². The predicted octanol–water partition coefficient (Wildman–Crippen LogP) is -0.539. The van der Waals surface area contributed by atoms with Crippen molar-refractivity contribution < 1.29 is 9.59 Å². The topological polar surface area (TPSA) is 75.4 Å². The average Bonchev–Trinajstić information content (AvgIpc) is 3.00. The van der Waals surface area contributed by atoms with Gasteiger partial charge in [0.05, 0.1) is 0 Å². The highest BCUT2D eigenvalue weighted by Gasteiger charge is 2.38. The Balaban J connectivity index is 1.94. The summed E-state index contributed by atoms with van der Waals surface area (Å²) in [7, 11) is 1.79. The number of carbonyl (C=O) groups excluding carboxylic acids is 2. The van der Waals surface area contributed by atoms with Crippen LogP contribution in [0.25, 0.3) is 0 Å². The van der Waals surface area contributed by atoms with Gasteiger partial charge in [-0.25, -0.2) is 0 Å². The fourth-order valence-electron chi connectivity index (χ4n) is 2.36. The van der Waals surface area contributed by atoms with Crippen molar-refractivity contribution in [1.29, 1.82) is 0 Å². The van der Waals surface area contributed by atoms with Crippen molar-refractivity contribution in [1.82, 2.24) is 10.2 Å². The van der Waals surface area contributed by atoms with Crippen LogP contribution in [0.1, 0.15) is 25.7 Å². The number of hydrogen-bond donors (Lipinski definition) is 2. The van der Waals surface area contributed by atoms with E-state index >= 15 is 0 Å². The number of likely N-dealkylation sites (N-methyl/N-ethyl adjacent to an activating group) is 1. The Morgan fingerprint density at radius 3 is 2.69 bits per heavy atom. The molecule has 0 aromatic carbocycles. The lowest BCUT2D eigenvalue weighted by molar-refractivity contribution is -0.135. The van der Waals surface area contributed by atoms with Crippen LogP contribution in [0.5, 0.6) is 0 Å². The normalized spacial score (nSPS) is 26.4. The molecule has 3 N–H and O–H groups in total. The van der Waals surface area contributed by atoms with Gasteiger partial charge in [0.1, 0.15) is 6.04 Å². The highest BCUT2D eigenvalue weighted by atomic mass is 16.2. The molecule has 2 amide bonds. The Labute approximate surface area is 95.3 Å². The Morgan fingerprint density at radius 1 is 1.56 bits per heavy atom. The molecule has 5 heteroatoms. The molecule has 0 radical (unpaired) electrons. The minimum atomic E-state index is -0.328. The quantitative estimate of drug-likeness (QED) is 0.674. The molecule has 2 fully saturated rings. The molecule has 2 rings (SSSR count). The summed E-state index contributed by atoms with van der Waals surface area (Å²) in [6.45, 7) is 0.508. The molecule has 2 aliphatic rings. The van der Waals surface area contributed by atoms with Crippen molar-refractivity contribution in [3.63, 3.8) is 0 Å². The van der Waals surface area contributed by atoms with Crippen LogP contribution in [0, 0.1) is 5.92 Å². The van der Waals surface area contributed by atoms with Gasteiger partial charge in [-0.2, -0.15) is 0 Å². The molecule has 16 heavy (non-hydrogen) atoms. The summed E-state index contributed by atoms with van der Waals surface area (Å²) >= 11 is 0. The fraction of sp³-hybridized carbons (Fsp3) is 0.818. The molecule has 1 unspecified atom stereocenters. The number of nitrogens with two attached hydrogens (primary N) is 1. The van der Waals surface area contributed by atoms with Gasteiger partial charge in [-0.3, -0.25) is 9.59 Å². The van der Waals surface area contributed by atoms with Crippen molar-refractivity contribution in [3.05, 3.63) is 0 Å². The largest absolute Gasteiger partial charge is 0.344 e. The van der Waals surface area contributed by atoms with Crippen molar-refractivity contribution in [2.24, 2.45) is 11.7 Å². The molecule has 0 spiro atoms. The summed E-state index contributed by atoms with van der Waals surface area (Å²) in [5.41, 5.74) is 5.70. The SMILES string of the molecule is CN(C(=O)[C@@H]1CCC(=O)N1)C(CN)C1CC1. The third-order valence-electron chi connectivity index (χ3n) is 3.55. The van der Waals surface area contributed by atoms with Gasteiger partial charge < -0.3 is 16.0 Å². The van der Waals surface area contributed by atoms with E-state index in [1.54, 1.807) is 11.9 Å². The Kier molecular flexibility index (Phi) is 3.14. The summed E-state index contributed by atoms with van der Waals surface area (Å²) < 4.78 is 0. The second-order valence-electron chi connectivity index (χ2n) is 4.75. The maximum Gasteiger partial charge on any atom is 0.245 e. The summed E-state index contributed by atoms with van der Waals surface area (Å²) in [6.07, 6.45) is 3.40. The first kappa shape index (κ1) is 11.4. The van der Waals surface area contributed by atoms with E-state index in [9.17, 15) is 9.59 Å². The minimum absolute atomic E-state index is 0.00759. The Bertz CT molecular complexity index is 302. The monoisotopic (exact) mass is 225 g/mol. The molecule has 1 aliphatic carbocycles. The van der Waals surface area contributed by atoms with Crippen LogP contribution in [-0.2, 0) is 9.59 Å². The first-order chi connectivity index (χ1) is 7.63. The molecule has 1 saturated heterocycles. The van der Waals surface area contributed by atoms with E-state index in [2.05, 4.69) is 5.32 Å². The summed E-state index contributed by atoms with van der Waals surface area (Å²) in [5, 5.41) is 2.70. The van der Waals surface area contributed by atoms with Crippen LogP contribution in [0.2, 0.25) is 0 Å². The van der Waals surface area contributed by atoms with Gasteiger partial charge in [-0.05, 0) is 25.2 Å². The second kappa shape index (κ2) is 4.41. The van der Waals surface area contributed by atoms with E-state index < -0.39 is 0 Å². The third-order valence-corrected chi connectivity index (χ3v) is 3.55. The van der Waals surface area contributed by atoms with Crippen molar-refractivity contribution >= 4 is 11.8 Å². The summed E-state index contributed by atoms with van der Waals surface area (Å²) in [4.78, 5) is 24.9. The van der Waals surface area contributed by atoms with E-state index in [0.717, 1.165) is 12.8 Å². The van der Waals surface area contributed by atoms with Gasteiger partial charge in [0, 0.05) is 26.1 Å². The number of carbonyl (C=O) groups is 2. The molecule has 2 atom stereocenters. The average molecular weight is 225 g/mol. The minimum Gasteiger partial charge on any atom is -0.344 e. The van der Waals surface area contributed by atoms with Gasteiger partial charge in [0.15, 0.2) is 0 Å². The van der Waals surface area contributed by atoms with E-state index in [-0.39, 0.29) is 23.9 Å². The van der Waals surface area contributed by atoms with Gasteiger partial charge in [-0.15, -0.1) is 0 Å². The lowest BCUT2D eigenvalue weighted by Gasteiger charge is -2.29. The van der Waals surface area contributed by atoms with Gasteiger partial charge >= 0.3 is 0 Å². The Hall–Kier alpha value is -1.10. The van der Waals surface area contributed by atoms with Crippen LogP contribution < -0.4 is 11.1 Å². The van der Waals surface area contributed by atoms with Gasteiger partial charge in [0.2, 0.25) is 11.8 Å². The molecule has 0 aromatic heterocycles. The van der Waals surface area contributed by atoms with Crippen LogP contribution in [-0.4, -0.2) is 42.4 Å². The molecular weight excluding hydrogens is 206 g/mol. The van der Waals surface area contributed by atoms with E-state index in [1.807, 2.05) is 0 Å². The van der Waals surface area contributed by atoms with E-state index in [1.165, 1.54) is 0 Å². The van der Waals surface area contributed by atoms with Gasteiger partial charge in [0.25, 0.3) is 0 Å². The Morgan fingerprint density at radius 2 is 2.25 bits per heavy atom. The molecule has 0 aromatic rings. The fourth-order valence-corrected chi connectivity index (χ4v) is 2.36. The highest BCUT2D eigenvalue weighted by Crippen LogP contribution is 2.34. The lowest BCUT2D eigenvalue weighted by Crippen LogP contribution is -2.50. The summed E-state index contributed by atoms with van der Waals surface area (Å²) in [5.74, 6) is 0.548. The van der Waals surface area contributed by atoms with Crippen LogP contribution >= 0.6 is 0 Å². The van der Waals surface area contributed by atoms with Crippen LogP contribution in [0.4, 0.5) is 0 Å². The van der Waals surface area contributed by atoms with Crippen molar-refractivity contribution in [2.45, 2.75) is 37.8 Å². The molecule has 90 valence electrons. The standard InChI is InChI=1S/C11H19N3O2/c1-14(9(6-12)7-2-3-7)11(16)8-4-5-10(15)13-8/h7-9H,2-6,12H2,1H3,(H,13,15)/t8-,9?/m0/s1. The zero-order chi connectivity index (χ0) is 11.7. The number of hydrogen-bond acceptors (Lipinski definition) is 3. The third kappa shape index (κ3) is 2.19. The first-order valence-electron chi connectivity index (χ1n) is 5.89. The zero-order valence-electron chi connectivity index (χ0n) is 9.61. The van der Waals surface area contributed by atoms with Crippen LogP contribution in [0.15, 0.2) is 0 Å². The molecular formula is C11H19N3O2.